The van der Waals surface area contributed by atoms with Gasteiger partial charge in [0.15, 0.2) is 0 Å². The second-order valence-corrected chi connectivity index (χ2v) is 8.36. The van der Waals surface area contributed by atoms with Crippen molar-refractivity contribution in [1.29, 1.82) is 0 Å². The van der Waals surface area contributed by atoms with Gasteiger partial charge >= 0.3 is 6.03 Å². The molecule has 2 saturated heterocycles. The predicted octanol–water partition coefficient (Wildman–Crippen LogP) is 2.57. The lowest BCUT2D eigenvalue weighted by Gasteiger charge is -2.37. The molecule has 5 rings (SSSR count). The first kappa shape index (κ1) is 19.4. The van der Waals surface area contributed by atoms with E-state index in [0.717, 1.165) is 68.6 Å². The van der Waals surface area contributed by atoms with Gasteiger partial charge in [0, 0.05) is 51.1 Å². The van der Waals surface area contributed by atoms with E-state index in [1.54, 1.807) is 6.33 Å². The Labute approximate surface area is 176 Å². The van der Waals surface area contributed by atoms with Crippen LogP contribution in [0.25, 0.3) is 10.9 Å². The van der Waals surface area contributed by atoms with Crippen molar-refractivity contribution in [3.8, 4) is 5.88 Å². The Balaban J connectivity index is 1.23. The van der Waals surface area contributed by atoms with E-state index >= 15 is 0 Å². The van der Waals surface area contributed by atoms with Gasteiger partial charge in [0.2, 0.25) is 5.88 Å². The average Bonchev–Trinajstić information content (AvgIpc) is 2.77. The van der Waals surface area contributed by atoms with E-state index in [1.165, 1.54) is 6.42 Å². The maximum absolute atomic E-state index is 12.6. The molecule has 2 aliphatic heterocycles. The molecule has 8 nitrogen and oxygen atoms in total. The molecule has 1 N–H and O–H groups in total. The van der Waals surface area contributed by atoms with Crippen LogP contribution in [-0.2, 0) is 4.74 Å². The number of hydrogen-bond donors (Lipinski definition) is 1. The number of anilines is 1. The summed E-state index contributed by atoms with van der Waals surface area (Å²) in [5.41, 5.74) is 2.03. The van der Waals surface area contributed by atoms with Crippen LogP contribution >= 0.6 is 0 Å². The van der Waals surface area contributed by atoms with Gasteiger partial charge in [0.05, 0.1) is 10.9 Å². The van der Waals surface area contributed by atoms with Crippen LogP contribution in [0.1, 0.15) is 32.1 Å². The van der Waals surface area contributed by atoms with E-state index in [4.69, 9.17) is 9.47 Å². The summed E-state index contributed by atoms with van der Waals surface area (Å²) in [4.78, 5) is 25.6. The number of carbonyl (C=O) groups is 1. The van der Waals surface area contributed by atoms with Crippen molar-refractivity contribution in [3.05, 3.63) is 24.5 Å². The lowest BCUT2D eigenvalue weighted by molar-refractivity contribution is 0.0779. The second kappa shape index (κ2) is 8.63. The van der Waals surface area contributed by atoms with Crippen molar-refractivity contribution < 1.29 is 14.3 Å². The third-order valence-corrected chi connectivity index (χ3v) is 6.39. The lowest BCUT2D eigenvalue weighted by atomic mass is 9.96. The predicted molar refractivity (Wildman–Crippen MR) is 114 cm³/mol. The first-order valence-electron chi connectivity index (χ1n) is 11.1. The van der Waals surface area contributed by atoms with Crippen molar-refractivity contribution in [2.75, 3.05) is 44.3 Å². The molecule has 8 heteroatoms. The van der Waals surface area contributed by atoms with Gasteiger partial charge in [-0.05, 0) is 50.3 Å². The summed E-state index contributed by atoms with van der Waals surface area (Å²) in [5.74, 6) is 0.682. The van der Waals surface area contributed by atoms with Crippen LogP contribution in [0, 0.1) is 0 Å². The Kier molecular flexibility index (Phi) is 5.57. The van der Waals surface area contributed by atoms with E-state index in [1.807, 2.05) is 11.0 Å². The molecule has 160 valence electrons. The van der Waals surface area contributed by atoms with Crippen LogP contribution in [0.2, 0.25) is 0 Å². The Morgan fingerprint density at radius 1 is 1.07 bits per heavy atom. The molecule has 2 aromatic rings. The average molecular weight is 412 g/mol. The van der Waals surface area contributed by atoms with Gasteiger partial charge in [0.25, 0.3) is 0 Å². The van der Waals surface area contributed by atoms with Crippen LogP contribution in [0.4, 0.5) is 10.5 Å². The number of nitrogens with one attached hydrogen (secondary N) is 1. The number of hydrogen-bond acceptors (Lipinski definition) is 6. The monoisotopic (exact) mass is 411 g/mol. The molecule has 3 fully saturated rings. The zero-order valence-electron chi connectivity index (χ0n) is 17.3. The van der Waals surface area contributed by atoms with Gasteiger partial charge in [-0.3, -0.25) is 0 Å². The molecule has 3 aliphatic rings. The second-order valence-electron chi connectivity index (χ2n) is 8.36. The number of piperazine rings is 1. The van der Waals surface area contributed by atoms with Gasteiger partial charge in [-0.1, -0.05) is 0 Å². The summed E-state index contributed by atoms with van der Waals surface area (Å²) in [7, 11) is 0. The Morgan fingerprint density at radius 3 is 2.60 bits per heavy atom. The smallest absolute Gasteiger partial charge is 0.317 e. The third kappa shape index (κ3) is 4.14. The summed E-state index contributed by atoms with van der Waals surface area (Å²) in [6.45, 7) is 4.50. The molecule has 0 bridgehead atoms. The minimum Gasteiger partial charge on any atom is -0.474 e. The van der Waals surface area contributed by atoms with E-state index in [0.29, 0.717) is 19.0 Å². The minimum absolute atomic E-state index is 0.0460. The molecule has 2 amide bonds. The summed E-state index contributed by atoms with van der Waals surface area (Å²) in [5, 5.41) is 4.12. The zero-order valence-corrected chi connectivity index (χ0v) is 17.3. The highest BCUT2D eigenvalue weighted by atomic mass is 16.5. The van der Waals surface area contributed by atoms with E-state index in [9.17, 15) is 4.79 Å². The zero-order chi connectivity index (χ0) is 20.3. The van der Waals surface area contributed by atoms with Gasteiger partial charge in [-0.15, -0.1) is 0 Å². The molecule has 30 heavy (non-hydrogen) atoms. The van der Waals surface area contributed by atoms with Crippen molar-refractivity contribution in [1.82, 2.24) is 20.2 Å². The lowest BCUT2D eigenvalue weighted by Crippen LogP contribution is -2.54. The van der Waals surface area contributed by atoms with Crippen molar-refractivity contribution >= 4 is 22.6 Å². The van der Waals surface area contributed by atoms with Gasteiger partial charge in [-0.25, -0.2) is 14.8 Å². The number of rotatable bonds is 4. The molecule has 1 aromatic heterocycles. The number of nitrogens with zero attached hydrogens (tertiary/aromatic N) is 4. The van der Waals surface area contributed by atoms with Gasteiger partial charge in [0.1, 0.15) is 12.4 Å². The SMILES string of the molecule is O=C(NC1CCOCC1)N1CCN(c2ccc3ncnc(OC4CCC4)c3c2)CC1. The quantitative estimate of drug-likeness (QED) is 0.833. The van der Waals surface area contributed by atoms with Crippen molar-refractivity contribution in [3.63, 3.8) is 0 Å². The molecular formula is C22H29N5O3. The molecule has 1 saturated carbocycles. The summed E-state index contributed by atoms with van der Waals surface area (Å²) < 4.78 is 11.5. The molecule has 0 atom stereocenters. The molecule has 0 radical (unpaired) electrons. The molecule has 1 aliphatic carbocycles. The fourth-order valence-corrected chi connectivity index (χ4v) is 4.23. The van der Waals surface area contributed by atoms with E-state index in [2.05, 4.69) is 32.3 Å². The van der Waals surface area contributed by atoms with E-state index in [-0.39, 0.29) is 18.2 Å². The fourth-order valence-electron chi connectivity index (χ4n) is 4.23. The van der Waals surface area contributed by atoms with Crippen LogP contribution in [-0.4, -0.2) is 72.4 Å². The molecular weight excluding hydrogens is 382 g/mol. The highest BCUT2D eigenvalue weighted by molar-refractivity contribution is 5.86. The van der Waals surface area contributed by atoms with Crippen molar-refractivity contribution in [2.45, 2.75) is 44.2 Å². The number of ether oxygens (including phenoxy) is 2. The largest absolute Gasteiger partial charge is 0.474 e. The van der Waals surface area contributed by atoms with E-state index < -0.39 is 0 Å². The van der Waals surface area contributed by atoms with Crippen LogP contribution in [0.5, 0.6) is 5.88 Å². The number of benzene rings is 1. The summed E-state index contributed by atoms with van der Waals surface area (Å²) in [6.07, 6.45) is 7.08. The van der Waals surface area contributed by atoms with Crippen molar-refractivity contribution in [2.24, 2.45) is 0 Å². The Bertz CT molecular complexity index is 889. The van der Waals surface area contributed by atoms with Gasteiger partial charge < -0.3 is 24.6 Å². The number of aromatic nitrogens is 2. The molecule has 3 heterocycles. The van der Waals surface area contributed by atoms with Crippen LogP contribution in [0.15, 0.2) is 24.5 Å². The highest BCUT2D eigenvalue weighted by Crippen LogP contribution is 2.31. The first-order valence-corrected chi connectivity index (χ1v) is 11.1. The van der Waals surface area contributed by atoms with Crippen LogP contribution in [0.3, 0.4) is 0 Å². The molecule has 1 aromatic carbocycles. The highest BCUT2D eigenvalue weighted by Gasteiger charge is 2.25. The standard InChI is InChI=1S/C22H29N5O3/c28-22(25-16-6-12-29-13-7-16)27-10-8-26(9-11-27)17-4-5-20-19(14-17)21(24-15-23-20)30-18-2-1-3-18/h4-5,14-16,18H,1-3,6-13H2,(H,25,28). The third-order valence-electron chi connectivity index (χ3n) is 6.39. The summed E-state index contributed by atoms with van der Waals surface area (Å²) >= 11 is 0. The topological polar surface area (TPSA) is 79.8 Å². The number of urea groups is 1. The number of amides is 2. The molecule has 0 unspecified atom stereocenters. The maximum Gasteiger partial charge on any atom is 0.317 e. The molecule has 0 spiro atoms. The Hall–Kier alpha value is -2.61. The normalized spacial score (nSPS) is 20.8. The maximum atomic E-state index is 12.6. The first-order chi connectivity index (χ1) is 14.8. The number of carbonyl (C=O) groups excluding carboxylic acids is 1. The fraction of sp³-hybridized carbons (Fsp3) is 0.591. The Morgan fingerprint density at radius 2 is 1.87 bits per heavy atom. The number of fused-ring (bicyclic) bond motifs is 1. The van der Waals surface area contributed by atoms with Gasteiger partial charge in [-0.2, -0.15) is 0 Å². The minimum atomic E-state index is 0.0460. The summed E-state index contributed by atoms with van der Waals surface area (Å²) in [6, 6.07) is 6.54. The van der Waals surface area contributed by atoms with Crippen LogP contribution < -0.4 is 15.0 Å².